The summed E-state index contributed by atoms with van der Waals surface area (Å²) in [7, 11) is 0. The Morgan fingerprint density at radius 3 is 2.27 bits per heavy atom. The van der Waals surface area contributed by atoms with Crippen LogP contribution >= 0.6 is 23.4 Å². The first-order chi connectivity index (χ1) is 17.7. The Labute approximate surface area is 224 Å². The number of oxazole rings is 1. The maximum absolute atomic E-state index is 10.0. The molecule has 4 aromatic rings. The summed E-state index contributed by atoms with van der Waals surface area (Å²) in [5.41, 5.74) is 9.50. The van der Waals surface area contributed by atoms with E-state index >= 15 is 0 Å². The molecule has 7 nitrogen and oxygen atoms in total. The molecule has 37 heavy (non-hydrogen) atoms. The van der Waals surface area contributed by atoms with E-state index in [0.717, 1.165) is 11.1 Å². The lowest BCUT2D eigenvalue weighted by Gasteiger charge is -2.17. The average Bonchev–Trinajstić information content (AvgIpc) is 3.35. The maximum atomic E-state index is 10.0. The molecule has 0 fully saturated rings. The molecule has 0 atom stereocenters. The van der Waals surface area contributed by atoms with Gasteiger partial charge in [-0.25, -0.2) is 9.97 Å². The standard InChI is InChI=1S/C28H24ClN5O2S/c1-28(2,35)12-11-17-3-5-18(6-4-17)24-22(13-30)25(32)34-27(23(24)14-31)37-16-21-15-36-26(33-21)19-7-9-20(29)10-8-19/h3-10,15,35H,11-12,16H2,1-2H3,(H2,32,34). The third kappa shape index (κ3) is 6.31. The molecule has 0 bridgehead atoms. The van der Waals surface area contributed by atoms with Crippen LogP contribution in [0.5, 0.6) is 0 Å². The highest BCUT2D eigenvalue weighted by atomic mass is 35.5. The molecular formula is C28H24ClN5O2S. The molecule has 0 aliphatic heterocycles. The van der Waals surface area contributed by atoms with E-state index in [1.807, 2.05) is 36.4 Å². The number of nitrogens with two attached hydrogens (primary N) is 1. The van der Waals surface area contributed by atoms with Gasteiger partial charge in [0.1, 0.15) is 34.8 Å². The van der Waals surface area contributed by atoms with Crippen LogP contribution in [-0.4, -0.2) is 20.7 Å². The topological polar surface area (TPSA) is 133 Å². The van der Waals surface area contributed by atoms with Crippen molar-refractivity contribution in [2.24, 2.45) is 0 Å². The number of thioether (sulfide) groups is 1. The van der Waals surface area contributed by atoms with Gasteiger partial charge in [-0.05, 0) is 62.1 Å². The summed E-state index contributed by atoms with van der Waals surface area (Å²) in [6, 6.07) is 19.1. The number of aryl methyl sites for hydroxylation is 1. The molecule has 0 saturated carbocycles. The van der Waals surface area contributed by atoms with E-state index in [0.29, 0.717) is 51.4 Å². The number of benzene rings is 2. The fourth-order valence-corrected chi connectivity index (χ4v) is 4.72. The zero-order chi connectivity index (χ0) is 26.6. The monoisotopic (exact) mass is 529 g/mol. The van der Waals surface area contributed by atoms with Crippen LogP contribution in [0.1, 0.15) is 42.7 Å². The summed E-state index contributed by atoms with van der Waals surface area (Å²) in [5.74, 6) is 0.914. The lowest BCUT2D eigenvalue weighted by molar-refractivity contribution is 0.0714. The van der Waals surface area contributed by atoms with Crippen molar-refractivity contribution in [3.63, 3.8) is 0 Å². The van der Waals surface area contributed by atoms with Gasteiger partial charge in [0.05, 0.1) is 16.9 Å². The smallest absolute Gasteiger partial charge is 0.226 e. The predicted molar refractivity (Wildman–Crippen MR) is 145 cm³/mol. The molecule has 2 aromatic carbocycles. The lowest BCUT2D eigenvalue weighted by atomic mass is 9.94. The highest BCUT2D eigenvalue weighted by Gasteiger charge is 2.21. The van der Waals surface area contributed by atoms with Crippen molar-refractivity contribution >= 4 is 29.2 Å². The van der Waals surface area contributed by atoms with Gasteiger partial charge in [0.2, 0.25) is 5.89 Å². The minimum atomic E-state index is -0.758. The second-order valence-electron chi connectivity index (χ2n) is 9.10. The third-order valence-electron chi connectivity index (χ3n) is 5.68. The molecule has 0 aliphatic carbocycles. The predicted octanol–water partition coefficient (Wildman–Crippen LogP) is 6.38. The van der Waals surface area contributed by atoms with Crippen LogP contribution in [0.3, 0.4) is 0 Å². The average molecular weight is 530 g/mol. The highest BCUT2D eigenvalue weighted by molar-refractivity contribution is 7.98. The summed E-state index contributed by atoms with van der Waals surface area (Å²) in [4.78, 5) is 8.88. The fraction of sp³-hybridized carbons (Fsp3) is 0.214. The van der Waals surface area contributed by atoms with Crippen LogP contribution in [0.15, 0.2) is 64.2 Å². The van der Waals surface area contributed by atoms with Crippen molar-refractivity contribution in [2.75, 3.05) is 5.73 Å². The van der Waals surface area contributed by atoms with Crippen LogP contribution in [0.25, 0.3) is 22.6 Å². The summed E-state index contributed by atoms with van der Waals surface area (Å²) < 4.78 is 5.60. The molecule has 186 valence electrons. The van der Waals surface area contributed by atoms with Crippen LogP contribution in [0, 0.1) is 22.7 Å². The van der Waals surface area contributed by atoms with E-state index in [9.17, 15) is 15.6 Å². The van der Waals surface area contributed by atoms with Gasteiger partial charge < -0.3 is 15.3 Å². The number of nitrogen functional groups attached to an aromatic ring is 1. The van der Waals surface area contributed by atoms with E-state index in [1.54, 1.807) is 32.2 Å². The molecule has 0 unspecified atom stereocenters. The number of anilines is 1. The number of hydrogen-bond acceptors (Lipinski definition) is 8. The number of nitrogens with zero attached hydrogens (tertiary/aromatic N) is 4. The van der Waals surface area contributed by atoms with E-state index in [-0.39, 0.29) is 16.9 Å². The molecule has 2 aromatic heterocycles. The van der Waals surface area contributed by atoms with Gasteiger partial charge in [0.15, 0.2) is 0 Å². The Kier molecular flexibility index (Phi) is 7.85. The first-order valence-corrected chi connectivity index (χ1v) is 12.8. The molecule has 9 heteroatoms. The largest absolute Gasteiger partial charge is 0.444 e. The second kappa shape index (κ2) is 11.1. The Morgan fingerprint density at radius 1 is 1.00 bits per heavy atom. The van der Waals surface area contributed by atoms with Crippen molar-refractivity contribution in [1.29, 1.82) is 10.5 Å². The van der Waals surface area contributed by atoms with E-state index in [4.69, 9.17) is 21.8 Å². The zero-order valence-corrected chi connectivity index (χ0v) is 21.9. The minimum Gasteiger partial charge on any atom is -0.444 e. The van der Waals surface area contributed by atoms with Gasteiger partial charge in [-0.2, -0.15) is 10.5 Å². The third-order valence-corrected chi connectivity index (χ3v) is 6.94. The van der Waals surface area contributed by atoms with E-state index < -0.39 is 5.60 Å². The van der Waals surface area contributed by atoms with Crippen molar-refractivity contribution < 1.29 is 9.52 Å². The molecule has 0 amide bonds. The Balaban J connectivity index is 1.61. The molecule has 2 heterocycles. The van der Waals surface area contributed by atoms with Crippen LogP contribution in [-0.2, 0) is 12.2 Å². The van der Waals surface area contributed by atoms with Crippen molar-refractivity contribution in [3.8, 4) is 34.7 Å². The van der Waals surface area contributed by atoms with Gasteiger partial charge in [0, 0.05) is 21.9 Å². The van der Waals surface area contributed by atoms with Gasteiger partial charge in [-0.1, -0.05) is 47.6 Å². The summed E-state index contributed by atoms with van der Waals surface area (Å²) in [6.45, 7) is 3.55. The van der Waals surface area contributed by atoms with Gasteiger partial charge in [-0.15, -0.1) is 0 Å². The molecule has 0 saturated heterocycles. The number of nitriles is 2. The normalized spacial score (nSPS) is 11.2. The first kappa shape index (κ1) is 26.2. The minimum absolute atomic E-state index is 0.0621. The molecule has 3 N–H and O–H groups in total. The SMILES string of the molecule is CC(C)(O)CCc1ccc(-c2c(C#N)c(N)nc(SCc3coc(-c4ccc(Cl)cc4)n3)c2C#N)cc1. The number of halogens is 1. The molecule has 0 radical (unpaired) electrons. The highest BCUT2D eigenvalue weighted by Crippen LogP contribution is 2.37. The molecule has 0 spiro atoms. The number of pyridine rings is 1. The van der Waals surface area contributed by atoms with Gasteiger partial charge in [-0.3, -0.25) is 0 Å². The van der Waals surface area contributed by atoms with Crippen LogP contribution in [0.4, 0.5) is 5.82 Å². The Bertz CT molecular complexity index is 1490. The Morgan fingerprint density at radius 2 is 1.65 bits per heavy atom. The van der Waals surface area contributed by atoms with Crippen LogP contribution in [0.2, 0.25) is 5.02 Å². The van der Waals surface area contributed by atoms with E-state index in [1.165, 1.54) is 11.8 Å². The number of aliphatic hydroxyl groups is 1. The van der Waals surface area contributed by atoms with Gasteiger partial charge in [0.25, 0.3) is 0 Å². The summed E-state index contributed by atoms with van der Waals surface area (Å²) in [5, 5.41) is 30.9. The number of hydrogen-bond donors (Lipinski definition) is 2. The van der Waals surface area contributed by atoms with Crippen molar-refractivity contribution in [2.45, 2.75) is 43.1 Å². The zero-order valence-electron chi connectivity index (χ0n) is 20.3. The van der Waals surface area contributed by atoms with Crippen LogP contribution < -0.4 is 5.73 Å². The van der Waals surface area contributed by atoms with E-state index in [2.05, 4.69) is 22.1 Å². The molecular weight excluding hydrogens is 506 g/mol. The first-order valence-electron chi connectivity index (χ1n) is 11.5. The summed E-state index contributed by atoms with van der Waals surface area (Å²) in [6.07, 6.45) is 2.88. The Hall–Kier alpha value is -3.82. The number of aromatic nitrogens is 2. The second-order valence-corrected chi connectivity index (χ2v) is 10.5. The van der Waals surface area contributed by atoms with Crippen molar-refractivity contribution in [3.05, 3.63) is 82.2 Å². The molecule has 0 aliphatic rings. The summed E-state index contributed by atoms with van der Waals surface area (Å²) >= 11 is 7.25. The van der Waals surface area contributed by atoms with Gasteiger partial charge >= 0.3 is 0 Å². The maximum Gasteiger partial charge on any atom is 0.226 e. The van der Waals surface area contributed by atoms with Crippen molar-refractivity contribution in [1.82, 2.24) is 9.97 Å². The fourth-order valence-electron chi connectivity index (χ4n) is 3.72. The lowest BCUT2D eigenvalue weighted by Crippen LogP contribution is -2.19. The number of rotatable bonds is 8. The quantitative estimate of drug-likeness (QED) is 0.251. The molecule has 4 rings (SSSR count).